The number of nitrogens with zero attached hydrogens (tertiary/aromatic N) is 4. The van der Waals surface area contributed by atoms with E-state index in [1.807, 2.05) is 37.3 Å². The van der Waals surface area contributed by atoms with Crippen LogP contribution in [0.3, 0.4) is 0 Å². The molecule has 12 heteroatoms. The van der Waals surface area contributed by atoms with E-state index in [0.29, 0.717) is 17.0 Å². The molecule has 0 saturated carbocycles. The van der Waals surface area contributed by atoms with Gasteiger partial charge in [0.25, 0.3) is 10.0 Å². The summed E-state index contributed by atoms with van der Waals surface area (Å²) in [6.45, 7) is 3.69. The SMILES string of the molecule is C[C@H]1CN([C@@H](C)CO)C(=O)Cc2cc(NC(=O)Cc3ccccc3)ccc2O[C@@H]1CN(C)S(=O)(=O)c1cn(C)cn1. The summed E-state index contributed by atoms with van der Waals surface area (Å²) in [5, 5.41) is 12.7. The standard InChI is InChI=1S/C29H37N5O6S/c1-20-15-34(21(2)18-35)29(37)14-23-13-24(31-27(36)12-22-8-6-5-7-9-22)10-11-25(23)40-26(20)16-33(4)41(38,39)28-17-32(3)19-30-28/h5-11,13,17,19-21,26,35H,12,14-16,18H2,1-4H3,(H,31,36)/t20-,21-,26+/m0/s1. The number of sulfonamides is 1. The number of aliphatic hydroxyl groups excluding tert-OH is 1. The number of carbonyl (C=O) groups excluding carboxylic acids is 2. The van der Waals surface area contributed by atoms with E-state index in [-0.39, 0.29) is 55.3 Å². The Labute approximate surface area is 240 Å². The highest BCUT2D eigenvalue weighted by atomic mass is 32.2. The van der Waals surface area contributed by atoms with E-state index in [4.69, 9.17) is 4.74 Å². The molecule has 220 valence electrons. The number of ether oxygens (including phenoxy) is 1. The van der Waals surface area contributed by atoms with E-state index in [2.05, 4.69) is 10.3 Å². The first-order valence-corrected chi connectivity index (χ1v) is 14.9. The summed E-state index contributed by atoms with van der Waals surface area (Å²) in [7, 11) is -0.723. The van der Waals surface area contributed by atoms with Crippen LogP contribution in [0.2, 0.25) is 0 Å². The van der Waals surface area contributed by atoms with Crippen molar-refractivity contribution in [3.8, 4) is 5.75 Å². The zero-order chi connectivity index (χ0) is 29.7. The maximum atomic E-state index is 13.4. The third-order valence-electron chi connectivity index (χ3n) is 7.20. The maximum absolute atomic E-state index is 13.4. The molecular weight excluding hydrogens is 546 g/mol. The summed E-state index contributed by atoms with van der Waals surface area (Å²) in [5.41, 5.74) is 1.94. The van der Waals surface area contributed by atoms with Gasteiger partial charge in [0.2, 0.25) is 11.8 Å². The number of amides is 2. The van der Waals surface area contributed by atoms with Crippen LogP contribution in [0.5, 0.6) is 5.75 Å². The van der Waals surface area contributed by atoms with Gasteiger partial charge in [-0.3, -0.25) is 9.59 Å². The van der Waals surface area contributed by atoms with Crippen LogP contribution in [0, 0.1) is 5.92 Å². The molecular formula is C29H37N5O6S. The molecule has 1 aliphatic heterocycles. The molecule has 41 heavy (non-hydrogen) atoms. The molecule has 3 atom stereocenters. The van der Waals surface area contributed by atoms with Crippen LogP contribution in [0.4, 0.5) is 5.69 Å². The van der Waals surface area contributed by atoms with Crippen molar-refractivity contribution in [2.24, 2.45) is 13.0 Å². The van der Waals surface area contributed by atoms with Gasteiger partial charge in [-0.05, 0) is 30.7 Å². The van der Waals surface area contributed by atoms with Crippen molar-refractivity contribution in [1.29, 1.82) is 0 Å². The molecule has 0 unspecified atom stereocenters. The van der Waals surface area contributed by atoms with Gasteiger partial charge in [-0.25, -0.2) is 13.4 Å². The number of hydrogen-bond donors (Lipinski definition) is 2. The highest BCUT2D eigenvalue weighted by Crippen LogP contribution is 2.30. The van der Waals surface area contributed by atoms with Crippen LogP contribution in [0.25, 0.3) is 0 Å². The number of nitrogens with one attached hydrogen (secondary N) is 1. The Bertz CT molecular complexity index is 1480. The van der Waals surface area contributed by atoms with E-state index in [0.717, 1.165) is 5.56 Å². The lowest BCUT2D eigenvalue weighted by Gasteiger charge is -2.33. The predicted octanol–water partition coefficient (Wildman–Crippen LogP) is 2.07. The van der Waals surface area contributed by atoms with Gasteiger partial charge >= 0.3 is 0 Å². The normalized spacial score (nSPS) is 18.6. The van der Waals surface area contributed by atoms with E-state index in [9.17, 15) is 23.1 Å². The van der Waals surface area contributed by atoms with E-state index < -0.39 is 22.2 Å². The smallest absolute Gasteiger partial charge is 0.261 e. The Morgan fingerprint density at radius 1 is 1.24 bits per heavy atom. The van der Waals surface area contributed by atoms with Crippen molar-refractivity contribution in [3.05, 3.63) is 72.2 Å². The van der Waals surface area contributed by atoms with Crippen molar-refractivity contribution in [2.75, 3.05) is 32.1 Å². The maximum Gasteiger partial charge on any atom is 0.261 e. The van der Waals surface area contributed by atoms with Crippen LogP contribution >= 0.6 is 0 Å². The monoisotopic (exact) mass is 583 g/mol. The van der Waals surface area contributed by atoms with Crippen molar-refractivity contribution in [2.45, 2.75) is 43.9 Å². The predicted molar refractivity (Wildman–Crippen MR) is 154 cm³/mol. The fourth-order valence-electron chi connectivity index (χ4n) is 4.74. The fraction of sp³-hybridized carbons (Fsp3) is 0.414. The second kappa shape index (κ2) is 12.8. The zero-order valence-corrected chi connectivity index (χ0v) is 24.5. The summed E-state index contributed by atoms with van der Waals surface area (Å²) >= 11 is 0. The molecule has 4 rings (SSSR count). The lowest BCUT2D eigenvalue weighted by atomic mass is 10.0. The number of benzene rings is 2. The molecule has 2 heterocycles. The second-order valence-electron chi connectivity index (χ2n) is 10.6. The molecule has 0 spiro atoms. The van der Waals surface area contributed by atoms with Crippen LogP contribution < -0.4 is 10.1 Å². The molecule has 0 aliphatic carbocycles. The van der Waals surface area contributed by atoms with Crippen LogP contribution in [0.15, 0.2) is 66.1 Å². The van der Waals surface area contributed by atoms with Gasteiger partial charge in [0.05, 0.1) is 38.4 Å². The van der Waals surface area contributed by atoms with Gasteiger partial charge in [-0.15, -0.1) is 0 Å². The van der Waals surface area contributed by atoms with Crippen molar-refractivity contribution in [1.82, 2.24) is 18.8 Å². The highest BCUT2D eigenvalue weighted by molar-refractivity contribution is 7.89. The molecule has 3 aromatic rings. The first-order valence-electron chi connectivity index (χ1n) is 13.5. The Morgan fingerprint density at radius 2 is 1.98 bits per heavy atom. The molecule has 0 bridgehead atoms. The zero-order valence-electron chi connectivity index (χ0n) is 23.7. The second-order valence-corrected chi connectivity index (χ2v) is 12.6. The molecule has 0 fully saturated rings. The number of hydrogen-bond acceptors (Lipinski definition) is 7. The Kier molecular flexibility index (Phi) is 9.46. The van der Waals surface area contributed by atoms with Crippen molar-refractivity contribution >= 4 is 27.5 Å². The van der Waals surface area contributed by atoms with Crippen LogP contribution in [0.1, 0.15) is 25.0 Å². The number of fused-ring (bicyclic) bond motifs is 1. The number of imidazole rings is 1. The van der Waals surface area contributed by atoms with Gasteiger partial charge in [0.1, 0.15) is 11.9 Å². The Balaban J connectivity index is 1.62. The summed E-state index contributed by atoms with van der Waals surface area (Å²) in [5.74, 6) is -0.259. The topological polar surface area (TPSA) is 134 Å². The number of anilines is 1. The number of carbonyl (C=O) groups is 2. The number of likely N-dealkylation sites (N-methyl/N-ethyl adjacent to an activating group) is 1. The molecule has 0 radical (unpaired) electrons. The van der Waals surface area contributed by atoms with Gasteiger partial charge in [0, 0.05) is 44.0 Å². The largest absolute Gasteiger partial charge is 0.488 e. The molecule has 2 aromatic carbocycles. The van der Waals surface area contributed by atoms with Gasteiger partial charge in [-0.1, -0.05) is 37.3 Å². The lowest BCUT2D eigenvalue weighted by molar-refractivity contribution is -0.134. The van der Waals surface area contributed by atoms with Gasteiger partial charge in [-0.2, -0.15) is 4.31 Å². The average Bonchev–Trinajstić information content (AvgIpc) is 3.40. The third kappa shape index (κ3) is 7.32. The molecule has 1 aromatic heterocycles. The Morgan fingerprint density at radius 3 is 2.63 bits per heavy atom. The quantitative estimate of drug-likeness (QED) is 0.394. The summed E-state index contributed by atoms with van der Waals surface area (Å²) in [4.78, 5) is 31.7. The molecule has 0 saturated heterocycles. The third-order valence-corrected chi connectivity index (χ3v) is 8.91. The summed E-state index contributed by atoms with van der Waals surface area (Å²) in [6.07, 6.45) is 2.42. The molecule has 11 nitrogen and oxygen atoms in total. The number of aryl methyl sites for hydroxylation is 1. The first-order chi connectivity index (χ1) is 19.5. The van der Waals surface area contributed by atoms with E-state index >= 15 is 0 Å². The first kappa shape index (κ1) is 30.2. The fourth-order valence-corrected chi connectivity index (χ4v) is 5.89. The molecule has 2 amide bonds. The van der Waals surface area contributed by atoms with Crippen molar-refractivity contribution in [3.63, 3.8) is 0 Å². The minimum atomic E-state index is -3.89. The summed E-state index contributed by atoms with van der Waals surface area (Å²) < 4.78 is 35.6. The Hall–Kier alpha value is -3.74. The molecule has 2 N–H and O–H groups in total. The molecule has 1 aliphatic rings. The van der Waals surface area contributed by atoms with Crippen LogP contribution in [-0.2, 0) is 39.5 Å². The number of aromatic nitrogens is 2. The summed E-state index contributed by atoms with van der Waals surface area (Å²) in [6, 6.07) is 14.0. The number of rotatable bonds is 9. The van der Waals surface area contributed by atoms with Crippen molar-refractivity contribution < 1.29 is 27.9 Å². The van der Waals surface area contributed by atoms with E-state index in [1.165, 1.54) is 23.9 Å². The average molecular weight is 584 g/mol. The number of aliphatic hydroxyl groups is 1. The lowest BCUT2D eigenvalue weighted by Crippen LogP contribution is -2.48. The minimum absolute atomic E-state index is 0.00458. The minimum Gasteiger partial charge on any atom is -0.488 e. The van der Waals surface area contributed by atoms with Crippen LogP contribution in [-0.4, -0.2) is 83.0 Å². The highest BCUT2D eigenvalue weighted by Gasteiger charge is 2.34. The van der Waals surface area contributed by atoms with Gasteiger partial charge < -0.3 is 24.6 Å². The van der Waals surface area contributed by atoms with Gasteiger partial charge in [0.15, 0.2) is 5.03 Å². The van der Waals surface area contributed by atoms with E-state index in [1.54, 1.807) is 41.6 Å².